The molecule has 2 heterocycles. The fourth-order valence-corrected chi connectivity index (χ4v) is 2.57. The maximum Gasteiger partial charge on any atom is 0.209 e. The number of hydrogen-bond donors (Lipinski definition) is 0. The van der Waals surface area contributed by atoms with Gasteiger partial charge >= 0.3 is 0 Å². The fourth-order valence-electron chi connectivity index (χ4n) is 0.706. The van der Waals surface area contributed by atoms with E-state index in [9.17, 15) is 0 Å². The van der Waals surface area contributed by atoms with Gasteiger partial charge in [-0.2, -0.15) is 4.37 Å². The highest BCUT2D eigenvalue weighted by atomic mass is 79.9. The first-order valence-corrected chi connectivity index (χ1v) is 5.34. The molecule has 0 N–H and O–H groups in total. The van der Waals surface area contributed by atoms with Crippen LogP contribution in [0, 0.1) is 0 Å². The summed E-state index contributed by atoms with van der Waals surface area (Å²) >= 11 is 6.30. The number of nitrogens with zero attached hydrogens (tertiary/aromatic N) is 2. The zero-order valence-corrected chi connectivity index (χ0v) is 8.54. The van der Waals surface area contributed by atoms with E-state index in [1.165, 1.54) is 16.4 Å². The van der Waals surface area contributed by atoms with Gasteiger partial charge in [0, 0.05) is 0 Å². The van der Waals surface area contributed by atoms with E-state index in [4.69, 9.17) is 0 Å². The van der Waals surface area contributed by atoms with E-state index in [0.29, 0.717) is 4.73 Å². The van der Waals surface area contributed by atoms with Crippen molar-refractivity contribution in [3.63, 3.8) is 0 Å². The Bertz CT molecular complexity index is 341. The molecule has 56 valence electrons. The van der Waals surface area contributed by atoms with Crippen molar-refractivity contribution in [3.05, 3.63) is 22.2 Å². The molecule has 5 heteroatoms. The minimum atomic E-state index is 0.672. The van der Waals surface area contributed by atoms with Gasteiger partial charge < -0.3 is 0 Å². The second-order valence-corrected chi connectivity index (χ2v) is 4.25. The Morgan fingerprint density at radius 2 is 2.36 bits per heavy atom. The van der Waals surface area contributed by atoms with Crippen LogP contribution in [0.5, 0.6) is 0 Å². The highest BCUT2D eigenvalue weighted by Crippen LogP contribution is 2.26. The van der Waals surface area contributed by atoms with E-state index < -0.39 is 0 Å². The van der Waals surface area contributed by atoms with Crippen molar-refractivity contribution in [2.75, 3.05) is 0 Å². The molecule has 2 nitrogen and oxygen atoms in total. The Balaban J connectivity index is 2.45. The van der Waals surface area contributed by atoms with E-state index in [1.807, 2.05) is 17.5 Å². The average molecular weight is 247 g/mol. The number of aromatic nitrogens is 2. The summed E-state index contributed by atoms with van der Waals surface area (Å²) in [5.74, 6) is 0. The van der Waals surface area contributed by atoms with Crippen molar-refractivity contribution in [1.29, 1.82) is 0 Å². The first-order valence-electron chi connectivity index (χ1n) is 2.89. The predicted molar refractivity (Wildman–Crippen MR) is 50.9 cm³/mol. The van der Waals surface area contributed by atoms with E-state index in [0.717, 1.165) is 5.01 Å². The molecule has 2 aromatic rings. The smallest absolute Gasteiger partial charge is 0.208 e. The summed E-state index contributed by atoms with van der Waals surface area (Å²) in [5, 5.41) is 3.01. The molecule has 0 saturated heterocycles. The van der Waals surface area contributed by atoms with Crippen molar-refractivity contribution in [3.8, 4) is 9.88 Å². The van der Waals surface area contributed by atoms with Gasteiger partial charge in [-0.25, -0.2) is 4.98 Å². The summed E-state index contributed by atoms with van der Waals surface area (Å²) < 4.78 is 4.70. The van der Waals surface area contributed by atoms with Gasteiger partial charge in [-0.05, 0) is 38.9 Å². The second kappa shape index (κ2) is 3.00. The molecule has 0 radical (unpaired) electrons. The van der Waals surface area contributed by atoms with Gasteiger partial charge in [-0.1, -0.05) is 6.07 Å². The van der Waals surface area contributed by atoms with Crippen LogP contribution in [-0.4, -0.2) is 9.36 Å². The molecule has 0 saturated carbocycles. The number of hydrogen-bond acceptors (Lipinski definition) is 4. The molecular formula is C6H3BrN2S2. The molecule has 0 bridgehead atoms. The lowest BCUT2D eigenvalue weighted by atomic mass is 10.5. The minimum Gasteiger partial charge on any atom is -0.208 e. The van der Waals surface area contributed by atoms with Crippen LogP contribution in [0.25, 0.3) is 9.88 Å². The predicted octanol–water partition coefficient (Wildman–Crippen LogP) is 3.03. The number of rotatable bonds is 1. The van der Waals surface area contributed by atoms with Crippen LogP contribution < -0.4 is 0 Å². The van der Waals surface area contributed by atoms with Crippen molar-refractivity contribution in [2.45, 2.75) is 0 Å². The Morgan fingerprint density at radius 1 is 1.45 bits per heavy atom. The highest BCUT2D eigenvalue weighted by molar-refractivity contribution is 9.10. The lowest BCUT2D eigenvalue weighted by molar-refractivity contribution is 1.26. The topological polar surface area (TPSA) is 25.8 Å². The lowest BCUT2D eigenvalue weighted by Gasteiger charge is -1.82. The SMILES string of the molecule is Brc1nsc(-c2cccs2)n1. The third-order valence-electron chi connectivity index (χ3n) is 1.13. The largest absolute Gasteiger partial charge is 0.209 e. The third-order valence-corrected chi connectivity index (χ3v) is 3.48. The quantitative estimate of drug-likeness (QED) is 0.774. The van der Waals surface area contributed by atoms with Gasteiger partial charge in [-0.15, -0.1) is 11.3 Å². The fraction of sp³-hybridized carbons (Fsp3) is 0. The molecule has 0 unspecified atom stereocenters. The molecule has 2 aromatic heterocycles. The normalized spacial score (nSPS) is 10.3. The highest BCUT2D eigenvalue weighted by Gasteiger charge is 2.03. The Kier molecular flexibility index (Phi) is 2.02. The minimum absolute atomic E-state index is 0.672. The maximum atomic E-state index is 4.19. The van der Waals surface area contributed by atoms with Crippen molar-refractivity contribution < 1.29 is 0 Å². The summed E-state index contributed by atoms with van der Waals surface area (Å²) in [7, 11) is 0. The summed E-state index contributed by atoms with van der Waals surface area (Å²) in [4.78, 5) is 5.36. The van der Waals surface area contributed by atoms with E-state index in [-0.39, 0.29) is 0 Å². The van der Waals surface area contributed by atoms with Crippen LogP contribution in [-0.2, 0) is 0 Å². The zero-order chi connectivity index (χ0) is 7.68. The van der Waals surface area contributed by atoms with Gasteiger partial charge in [0.2, 0.25) is 4.73 Å². The molecule has 0 amide bonds. The molecule has 0 atom stereocenters. The van der Waals surface area contributed by atoms with Crippen LogP contribution in [0.2, 0.25) is 0 Å². The standard InChI is InChI=1S/C6H3BrN2S2/c7-6-8-5(11-9-6)4-2-1-3-10-4/h1-3H. The van der Waals surface area contributed by atoms with Crippen LogP contribution in [0.1, 0.15) is 0 Å². The number of thiophene rings is 1. The summed E-state index contributed by atoms with van der Waals surface area (Å²) in [6, 6.07) is 4.05. The number of halogens is 1. The first-order chi connectivity index (χ1) is 5.36. The monoisotopic (exact) mass is 246 g/mol. The van der Waals surface area contributed by atoms with Gasteiger partial charge in [0.25, 0.3) is 0 Å². The summed E-state index contributed by atoms with van der Waals surface area (Å²) in [6.45, 7) is 0. The van der Waals surface area contributed by atoms with Crippen LogP contribution >= 0.6 is 38.8 Å². The Hall–Kier alpha value is -0.260. The van der Waals surface area contributed by atoms with Gasteiger partial charge in [0.1, 0.15) is 0 Å². The zero-order valence-electron chi connectivity index (χ0n) is 5.32. The summed E-state index contributed by atoms with van der Waals surface area (Å²) in [5.41, 5.74) is 0. The molecule has 0 aliphatic carbocycles. The lowest BCUT2D eigenvalue weighted by Crippen LogP contribution is -1.66. The molecule has 0 aliphatic heterocycles. The molecule has 2 rings (SSSR count). The Morgan fingerprint density at radius 3 is 2.91 bits per heavy atom. The van der Waals surface area contributed by atoms with Crippen molar-refractivity contribution in [1.82, 2.24) is 9.36 Å². The van der Waals surface area contributed by atoms with Gasteiger partial charge in [0.05, 0.1) is 4.88 Å². The Labute approximate surface area is 80.2 Å². The van der Waals surface area contributed by atoms with Crippen LogP contribution in [0.3, 0.4) is 0 Å². The van der Waals surface area contributed by atoms with Crippen LogP contribution in [0.4, 0.5) is 0 Å². The molecule has 0 spiro atoms. The van der Waals surface area contributed by atoms with Crippen molar-refractivity contribution in [2.24, 2.45) is 0 Å². The van der Waals surface area contributed by atoms with E-state index in [2.05, 4.69) is 25.3 Å². The third kappa shape index (κ3) is 1.50. The molecule has 0 aromatic carbocycles. The van der Waals surface area contributed by atoms with Gasteiger partial charge in [0.15, 0.2) is 5.01 Å². The van der Waals surface area contributed by atoms with E-state index >= 15 is 0 Å². The molecule has 0 aliphatic rings. The maximum absolute atomic E-state index is 4.19. The average Bonchev–Trinajstić information content (AvgIpc) is 2.55. The first kappa shape index (κ1) is 7.39. The van der Waals surface area contributed by atoms with Crippen LogP contribution in [0.15, 0.2) is 22.2 Å². The summed E-state index contributed by atoms with van der Waals surface area (Å²) in [6.07, 6.45) is 0. The second-order valence-electron chi connectivity index (χ2n) is 1.85. The molecule has 11 heavy (non-hydrogen) atoms. The van der Waals surface area contributed by atoms with Crippen molar-refractivity contribution >= 4 is 38.8 Å². The van der Waals surface area contributed by atoms with E-state index in [1.54, 1.807) is 11.3 Å². The molecular weight excluding hydrogens is 244 g/mol. The van der Waals surface area contributed by atoms with Gasteiger partial charge in [-0.3, -0.25) is 0 Å². The molecule has 0 fully saturated rings.